The molecule has 5 nitrogen and oxygen atoms in total. The van der Waals surface area contributed by atoms with Crippen molar-refractivity contribution in [2.45, 2.75) is 12.8 Å². The molecule has 1 heterocycles. The molecule has 0 radical (unpaired) electrons. The Bertz CT molecular complexity index is 1130. The van der Waals surface area contributed by atoms with Gasteiger partial charge in [0.2, 0.25) is 5.89 Å². The highest BCUT2D eigenvalue weighted by Crippen LogP contribution is 2.37. The first-order valence-electron chi connectivity index (χ1n) is 7.53. The number of nitrogens with one attached hydrogen (secondary N) is 1. The molecule has 0 unspecified atom stereocenters. The van der Waals surface area contributed by atoms with E-state index in [0.29, 0.717) is 34.0 Å². The Labute approximate surface area is 159 Å². The van der Waals surface area contributed by atoms with Crippen molar-refractivity contribution in [3.63, 3.8) is 0 Å². The number of hydrogen-bond acceptors (Lipinski definition) is 5. The summed E-state index contributed by atoms with van der Waals surface area (Å²) in [7, 11) is 0. The lowest BCUT2D eigenvalue weighted by Crippen LogP contribution is -1.84. The van der Waals surface area contributed by atoms with Crippen molar-refractivity contribution in [1.29, 1.82) is 15.9 Å². The second kappa shape index (κ2) is 7.44. The van der Waals surface area contributed by atoms with Crippen LogP contribution in [-0.4, -0.2) is 10.9 Å². The Kier molecular flexibility index (Phi) is 5.07. The van der Waals surface area contributed by atoms with Crippen LogP contribution in [0.4, 0.5) is 0 Å². The maximum absolute atomic E-state index is 9.49. The van der Waals surface area contributed by atoms with E-state index < -0.39 is 0 Å². The fourth-order valence-electron chi connectivity index (χ4n) is 2.57. The summed E-state index contributed by atoms with van der Waals surface area (Å²) < 4.78 is 5.62. The molecule has 7 heteroatoms. The van der Waals surface area contributed by atoms with Crippen LogP contribution in [0.3, 0.4) is 0 Å². The van der Waals surface area contributed by atoms with Crippen molar-refractivity contribution >= 4 is 45.7 Å². The third-order valence-corrected chi connectivity index (χ3v) is 4.54. The minimum absolute atomic E-state index is 0.0970. The molecule has 1 aromatic carbocycles. The van der Waals surface area contributed by atoms with Gasteiger partial charge in [0.15, 0.2) is 5.58 Å². The van der Waals surface area contributed by atoms with E-state index in [-0.39, 0.29) is 17.0 Å². The summed E-state index contributed by atoms with van der Waals surface area (Å²) in [5, 5.41) is 26.4. The Morgan fingerprint density at radius 1 is 1.23 bits per heavy atom. The number of hydrogen-bond donors (Lipinski definition) is 1. The first-order valence-corrected chi connectivity index (χ1v) is 8.29. The number of fused-ring (bicyclic) bond motifs is 1. The second-order valence-corrected chi connectivity index (χ2v) is 6.27. The number of halogens is 2. The molecule has 1 aromatic heterocycles. The van der Waals surface area contributed by atoms with Crippen molar-refractivity contribution in [3.05, 3.63) is 63.0 Å². The quantitative estimate of drug-likeness (QED) is 0.576. The molecule has 0 saturated carbocycles. The van der Waals surface area contributed by atoms with Gasteiger partial charge in [-0.05, 0) is 60.2 Å². The molecule has 3 rings (SSSR count). The standard InChI is InChI=1S/C19H10Cl2N4O/c20-15-3-4-17-16(7-15)25-19(26-17)14(10-24)6-13-2-1-12(18(13)21)5-11(8-22)9-23/h3-7,22H,1-2H2. The van der Waals surface area contributed by atoms with Gasteiger partial charge in [0, 0.05) is 10.1 Å². The third-order valence-electron chi connectivity index (χ3n) is 3.82. The third kappa shape index (κ3) is 3.47. The molecule has 0 aliphatic heterocycles. The molecule has 126 valence electrons. The van der Waals surface area contributed by atoms with Crippen LogP contribution < -0.4 is 0 Å². The van der Waals surface area contributed by atoms with E-state index in [4.69, 9.17) is 38.3 Å². The summed E-state index contributed by atoms with van der Waals surface area (Å²) in [5.74, 6) is 2.25. The van der Waals surface area contributed by atoms with Gasteiger partial charge in [-0.1, -0.05) is 23.2 Å². The van der Waals surface area contributed by atoms with Crippen LogP contribution in [0.15, 0.2) is 56.5 Å². The van der Waals surface area contributed by atoms with Crippen LogP contribution in [0.25, 0.3) is 16.7 Å². The van der Waals surface area contributed by atoms with Gasteiger partial charge in [0.1, 0.15) is 28.8 Å². The molecule has 2 aromatic rings. The van der Waals surface area contributed by atoms with E-state index in [1.165, 1.54) is 6.08 Å². The molecule has 1 aliphatic rings. The highest BCUT2D eigenvalue weighted by molar-refractivity contribution is 6.33. The van der Waals surface area contributed by atoms with Gasteiger partial charge in [0.05, 0.1) is 0 Å². The van der Waals surface area contributed by atoms with Crippen molar-refractivity contribution in [2.24, 2.45) is 0 Å². The van der Waals surface area contributed by atoms with Crippen LogP contribution in [0.1, 0.15) is 18.7 Å². The number of aromatic nitrogens is 1. The minimum Gasteiger partial charge on any atom is -0.435 e. The fourth-order valence-corrected chi connectivity index (χ4v) is 3.03. The molecule has 0 atom stereocenters. The molecule has 0 bridgehead atoms. The second-order valence-electron chi connectivity index (χ2n) is 5.46. The highest BCUT2D eigenvalue weighted by atomic mass is 35.5. The first kappa shape index (κ1) is 17.7. The van der Waals surface area contributed by atoms with Crippen LogP contribution in [0.5, 0.6) is 0 Å². The maximum atomic E-state index is 9.49. The van der Waals surface area contributed by atoms with Gasteiger partial charge in [0.25, 0.3) is 0 Å². The zero-order valence-corrected chi connectivity index (χ0v) is 14.8. The van der Waals surface area contributed by atoms with E-state index in [1.54, 1.807) is 24.3 Å². The number of allylic oxidation sites excluding steroid dienone is 7. The lowest BCUT2D eigenvalue weighted by Gasteiger charge is -1.97. The van der Waals surface area contributed by atoms with E-state index in [9.17, 15) is 5.26 Å². The van der Waals surface area contributed by atoms with Crippen LogP contribution in [0, 0.1) is 28.1 Å². The number of benzene rings is 1. The van der Waals surface area contributed by atoms with Crippen molar-refractivity contribution in [3.8, 4) is 12.1 Å². The molecule has 0 spiro atoms. The Hall–Kier alpha value is -3.08. The smallest absolute Gasteiger partial charge is 0.238 e. The zero-order valence-electron chi connectivity index (χ0n) is 13.3. The molecule has 0 saturated heterocycles. The average molecular weight is 381 g/mol. The van der Waals surface area contributed by atoms with Gasteiger partial charge in [-0.3, -0.25) is 5.41 Å². The molecule has 1 N–H and O–H groups in total. The summed E-state index contributed by atoms with van der Waals surface area (Å²) in [6.45, 7) is 0. The molecular formula is C19H10Cl2N4O. The van der Waals surface area contributed by atoms with E-state index in [2.05, 4.69) is 16.9 Å². The topological polar surface area (TPSA) is 97.5 Å². The number of nitrogens with zero attached hydrogens (tertiary/aromatic N) is 3. The number of oxazole rings is 1. The minimum atomic E-state index is 0.0970. The van der Waals surface area contributed by atoms with Crippen LogP contribution >= 0.6 is 23.2 Å². The van der Waals surface area contributed by atoms with Crippen molar-refractivity contribution < 1.29 is 4.42 Å². The monoisotopic (exact) mass is 380 g/mol. The lowest BCUT2D eigenvalue weighted by molar-refractivity contribution is 0.586. The number of rotatable bonds is 3. The average Bonchev–Trinajstić information content (AvgIpc) is 3.21. The summed E-state index contributed by atoms with van der Waals surface area (Å²) in [6, 6.07) is 8.99. The largest absolute Gasteiger partial charge is 0.435 e. The summed E-state index contributed by atoms with van der Waals surface area (Å²) >= 11 is 12.3. The zero-order chi connectivity index (χ0) is 18.7. The predicted molar refractivity (Wildman–Crippen MR) is 99.7 cm³/mol. The molecular weight excluding hydrogens is 371 g/mol. The Morgan fingerprint density at radius 2 is 2.04 bits per heavy atom. The highest BCUT2D eigenvalue weighted by Gasteiger charge is 2.19. The summed E-state index contributed by atoms with van der Waals surface area (Å²) in [5.41, 5.74) is 2.92. The lowest BCUT2D eigenvalue weighted by atomic mass is 10.1. The summed E-state index contributed by atoms with van der Waals surface area (Å²) in [4.78, 5) is 4.30. The van der Waals surface area contributed by atoms with Gasteiger partial charge >= 0.3 is 0 Å². The van der Waals surface area contributed by atoms with Crippen molar-refractivity contribution in [1.82, 2.24) is 4.98 Å². The SMILES string of the molecule is N#CC(=C=N)C=C1CCC(C=C(C#N)c2nc3cc(Cl)ccc3o2)=C1Cl. The Morgan fingerprint density at radius 3 is 2.73 bits per heavy atom. The molecule has 0 fully saturated rings. The Balaban J connectivity index is 2.01. The van der Waals surface area contributed by atoms with E-state index >= 15 is 0 Å². The predicted octanol–water partition coefficient (Wildman–Crippen LogP) is 5.30. The van der Waals surface area contributed by atoms with Gasteiger partial charge < -0.3 is 4.42 Å². The van der Waals surface area contributed by atoms with Crippen LogP contribution in [0.2, 0.25) is 5.02 Å². The maximum Gasteiger partial charge on any atom is 0.238 e. The van der Waals surface area contributed by atoms with Crippen LogP contribution in [-0.2, 0) is 0 Å². The van der Waals surface area contributed by atoms with E-state index in [0.717, 1.165) is 11.1 Å². The normalized spacial score (nSPS) is 15.8. The molecule has 0 amide bonds. The summed E-state index contributed by atoms with van der Waals surface area (Å²) in [6.07, 6.45) is 4.39. The van der Waals surface area contributed by atoms with Crippen molar-refractivity contribution in [2.75, 3.05) is 0 Å². The van der Waals surface area contributed by atoms with E-state index in [1.807, 2.05) is 6.07 Å². The van der Waals surface area contributed by atoms with Gasteiger partial charge in [-0.15, -0.1) is 0 Å². The molecule has 26 heavy (non-hydrogen) atoms. The molecule has 1 aliphatic carbocycles. The fraction of sp³-hybridized carbons (Fsp3) is 0.105. The first-order chi connectivity index (χ1) is 12.5. The number of nitriles is 2. The van der Waals surface area contributed by atoms with Gasteiger partial charge in [-0.2, -0.15) is 10.5 Å². The van der Waals surface area contributed by atoms with Gasteiger partial charge in [-0.25, -0.2) is 4.98 Å².